The highest BCUT2D eigenvalue weighted by molar-refractivity contribution is 5.83. The van der Waals surface area contributed by atoms with Crippen LogP contribution in [0.4, 0.5) is 5.69 Å². The number of hydrogen-bond acceptors (Lipinski definition) is 4. The Morgan fingerprint density at radius 2 is 2.00 bits per heavy atom. The summed E-state index contributed by atoms with van der Waals surface area (Å²) in [5, 5.41) is 18.0. The number of piperidine rings is 1. The fourth-order valence-corrected chi connectivity index (χ4v) is 3.14. The molecule has 0 amide bonds. The van der Waals surface area contributed by atoms with Crippen molar-refractivity contribution in [2.45, 2.75) is 19.2 Å². The maximum atomic E-state index is 9.41. The van der Waals surface area contributed by atoms with E-state index in [2.05, 4.69) is 27.2 Å². The number of rotatable bonds is 2. The van der Waals surface area contributed by atoms with Crippen LogP contribution < -0.4 is 4.90 Å². The van der Waals surface area contributed by atoms with Crippen molar-refractivity contribution >= 4 is 11.2 Å². The van der Waals surface area contributed by atoms with E-state index in [0.29, 0.717) is 5.56 Å². The van der Waals surface area contributed by atoms with Crippen LogP contribution in [0.2, 0.25) is 0 Å². The van der Waals surface area contributed by atoms with Gasteiger partial charge in [0.05, 0.1) is 23.6 Å². The predicted molar refractivity (Wildman–Crippen MR) is 88.2 cm³/mol. The zero-order valence-corrected chi connectivity index (χ0v) is 13.0. The first kappa shape index (κ1) is 12.7. The SMILES string of the molecule is [2H]C1CCN(c2cc(-c3cnn(C)c3)cn3ncc(C#N)c23)CC1. The minimum absolute atomic E-state index is 0.0131. The molecule has 1 saturated heterocycles. The summed E-state index contributed by atoms with van der Waals surface area (Å²) >= 11 is 0. The smallest absolute Gasteiger partial charge is 0.107 e. The minimum atomic E-state index is 0.0131. The average molecular weight is 307 g/mol. The average Bonchev–Trinajstić information content (AvgIpc) is 3.20. The highest BCUT2D eigenvalue weighted by atomic mass is 15.2. The third-order valence-electron chi connectivity index (χ3n) is 4.30. The van der Waals surface area contributed by atoms with Crippen LogP contribution in [-0.4, -0.2) is 32.5 Å². The second-order valence-electron chi connectivity index (χ2n) is 5.83. The van der Waals surface area contributed by atoms with E-state index < -0.39 is 0 Å². The molecule has 0 aliphatic carbocycles. The van der Waals surface area contributed by atoms with Crippen molar-refractivity contribution in [2.75, 3.05) is 18.0 Å². The molecule has 6 nitrogen and oxygen atoms in total. The van der Waals surface area contributed by atoms with Gasteiger partial charge in [-0.15, -0.1) is 0 Å². The normalized spacial score (nSPS) is 16.5. The Bertz CT molecular complexity index is 926. The Kier molecular flexibility index (Phi) is 3.00. The van der Waals surface area contributed by atoms with E-state index in [1.165, 1.54) is 0 Å². The zero-order chi connectivity index (χ0) is 16.7. The molecule has 0 unspecified atom stereocenters. The van der Waals surface area contributed by atoms with Crippen LogP contribution in [0.25, 0.3) is 16.6 Å². The van der Waals surface area contributed by atoms with Gasteiger partial charge in [-0.2, -0.15) is 15.5 Å². The van der Waals surface area contributed by atoms with Gasteiger partial charge in [-0.3, -0.25) is 4.68 Å². The summed E-state index contributed by atoms with van der Waals surface area (Å²) in [5.74, 6) is 0. The molecule has 3 aromatic rings. The van der Waals surface area contributed by atoms with E-state index in [0.717, 1.165) is 48.3 Å². The number of aryl methyl sites for hydroxylation is 1. The summed E-state index contributed by atoms with van der Waals surface area (Å²) in [6.45, 7) is 1.66. The zero-order valence-electron chi connectivity index (χ0n) is 14.0. The van der Waals surface area contributed by atoms with Gasteiger partial charge < -0.3 is 4.90 Å². The molecule has 3 aromatic heterocycles. The molecule has 6 heteroatoms. The monoisotopic (exact) mass is 307 g/mol. The van der Waals surface area contributed by atoms with Gasteiger partial charge in [-0.05, 0) is 25.3 Å². The lowest BCUT2D eigenvalue weighted by atomic mass is 10.1. The number of aromatic nitrogens is 4. The molecule has 4 rings (SSSR count). The Balaban J connectivity index is 1.88. The topological polar surface area (TPSA) is 62.1 Å². The van der Waals surface area contributed by atoms with Gasteiger partial charge >= 0.3 is 0 Å². The summed E-state index contributed by atoms with van der Waals surface area (Å²) in [5.41, 5.74) is 4.47. The van der Waals surface area contributed by atoms with Gasteiger partial charge in [0.25, 0.3) is 0 Å². The van der Waals surface area contributed by atoms with Gasteiger partial charge in [0.15, 0.2) is 0 Å². The van der Waals surface area contributed by atoms with E-state index >= 15 is 0 Å². The molecule has 0 saturated carbocycles. The van der Waals surface area contributed by atoms with Gasteiger partial charge in [0.2, 0.25) is 0 Å². The number of pyridine rings is 1. The van der Waals surface area contributed by atoms with E-state index in [4.69, 9.17) is 1.37 Å². The summed E-state index contributed by atoms with van der Waals surface area (Å²) in [6, 6.07) is 4.35. The first-order chi connectivity index (χ1) is 11.7. The second-order valence-corrected chi connectivity index (χ2v) is 5.83. The summed E-state index contributed by atoms with van der Waals surface area (Å²) in [6.07, 6.45) is 9.06. The van der Waals surface area contributed by atoms with Crippen molar-refractivity contribution in [3.8, 4) is 17.2 Å². The number of nitriles is 1. The molecule has 0 spiro atoms. The largest absolute Gasteiger partial charge is 0.370 e. The first-order valence-electron chi connectivity index (χ1n) is 8.31. The molecular weight excluding hydrogens is 288 g/mol. The predicted octanol–water partition coefficient (Wildman–Crippen LogP) is 2.60. The minimum Gasteiger partial charge on any atom is -0.370 e. The maximum absolute atomic E-state index is 9.41. The van der Waals surface area contributed by atoms with Gasteiger partial charge in [0.1, 0.15) is 11.6 Å². The molecule has 1 fully saturated rings. The lowest BCUT2D eigenvalue weighted by Crippen LogP contribution is -2.29. The standard InChI is InChI=1S/C17H18N6/c1-21-11-15(10-19-21)13-7-16(22-5-3-2-4-6-22)17-14(8-18)9-20-23(17)12-13/h7,9-12H,2-6H2,1H3/i2D. The Hall–Kier alpha value is -2.81. The van der Waals surface area contributed by atoms with Crippen LogP contribution in [0, 0.1) is 11.3 Å². The summed E-state index contributed by atoms with van der Waals surface area (Å²) < 4.78 is 11.5. The molecule has 1 aliphatic heterocycles. The van der Waals surface area contributed by atoms with E-state index in [-0.39, 0.29) is 6.40 Å². The van der Waals surface area contributed by atoms with E-state index in [9.17, 15) is 5.26 Å². The van der Waals surface area contributed by atoms with Crippen LogP contribution in [0.5, 0.6) is 0 Å². The van der Waals surface area contributed by atoms with Crippen LogP contribution in [0.1, 0.15) is 26.2 Å². The number of fused-ring (bicyclic) bond motifs is 1. The molecule has 0 atom stereocenters. The molecule has 23 heavy (non-hydrogen) atoms. The molecule has 0 N–H and O–H groups in total. The van der Waals surface area contributed by atoms with Gasteiger partial charge in [0, 0.05) is 45.0 Å². The van der Waals surface area contributed by atoms with Crippen LogP contribution in [-0.2, 0) is 7.05 Å². The number of anilines is 1. The molecule has 0 bridgehead atoms. The van der Waals surface area contributed by atoms with Crippen molar-refractivity contribution in [3.05, 3.63) is 36.4 Å². The Morgan fingerprint density at radius 3 is 2.70 bits per heavy atom. The molecule has 4 heterocycles. The van der Waals surface area contributed by atoms with Crippen molar-refractivity contribution in [2.24, 2.45) is 7.05 Å². The van der Waals surface area contributed by atoms with Gasteiger partial charge in [-0.25, -0.2) is 4.52 Å². The Morgan fingerprint density at radius 1 is 1.17 bits per heavy atom. The van der Waals surface area contributed by atoms with Crippen LogP contribution in [0.3, 0.4) is 0 Å². The van der Waals surface area contributed by atoms with E-state index in [1.807, 2.05) is 25.6 Å². The second kappa shape index (κ2) is 5.43. The Labute approximate surface area is 136 Å². The van der Waals surface area contributed by atoms with Crippen molar-refractivity contribution in [3.63, 3.8) is 0 Å². The molecule has 0 aromatic carbocycles. The summed E-state index contributed by atoms with van der Waals surface area (Å²) in [4.78, 5) is 2.27. The van der Waals surface area contributed by atoms with Crippen molar-refractivity contribution in [1.82, 2.24) is 19.4 Å². The molecular formula is C17H18N6. The third-order valence-corrected chi connectivity index (χ3v) is 4.30. The van der Waals surface area contributed by atoms with Crippen molar-refractivity contribution < 1.29 is 1.37 Å². The number of hydrogen-bond donors (Lipinski definition) is 0. The fourth-order valence-electron chi connectivity index (χ4n) is 3.14. The maximum Gasteiger partial charge on any atom is 0.107 e. The highest BCUT2D eigenvalue weighted by Crippen LogP contribution is 2.32. The molecule has 116 valence electrons. The van der Waals surface area contributed by atoms with Crippen LogP contribution in [0.15, 0.2) is 30.9 Å². The van der Waals surface area contributed by atoms with E-state index in [1.54, 1.807) is 15.4 Å². The van der Waals surface area contributed by atoms with Crippen LogP contribution >= 0.6 is 0 Å². The van der Waals surface area contributed by atoms with Gasteiger partial charge in [-0.1, -0.05) is 0 Å². The summed E-state index contributed by atoms with van der Waals surface area (Å²) in [7, 11) is 1.89. The molecule has 1 aliphatic rings. The quantitative estimate of drug-likeness (QED) is 0.730. The first-order valence-corrected chi connectivity index (χ1v) is 7.73. The third kappa shape index (κ3) is 2.34. The number of nitrogens with zero attached hydrogens (tertiary/aromatic N) is 6. The lowest BCUT2D eigenvalue weighted by Gasteiger charge is -2.29. The van der Waals surface area contributed by atoms with Crippen molar-refractivity contribution in [1.29, 1.82) is 5.26 Å². The lowest BCUT2D eigenvalue weighted by molar-refractivity contribution is 0.578. The fraction of sp³-hybridized carbons (Fsp3) is 0.353. The molecule has 0 radical (unpaired) electrons. The highest BCUT2D eigenvalue weighted by Gasteiger charge is 2.19.